The van der Waals surface area contributed by atoms with E-state index in [1.807, 2.05) is 19.9 Å². The number of rotatable bonds is 4. The number of carbonyl (C=O) groups is 1. The predicted molar refractivity (Wildman–Crippen MR) is 79.1 cm³/mol. The molecule has 0 aliphatic heterocycles. The Labute approximate surface area is 119 Å². The summed E-state index contributed by atoms with van der Waals surface area (Å²) in [6, 6.07) is 8.38. The Bertz CT molecular complexity index is 655. The van der Waals surface area contributed by atoms with Gasteiger partial charge in [0.25, 0.3) is 0 Å². The largest absolute Gasteiger partial charge is 0.292 e. The van der Waals surface area contributed by atoms with Gasteiger partial charge in [-0.1, -0.05) is 18.2 Å². The lowest BCUT2D eigenvalue weighted by Crippen LogP contribution is -2.11. The van der Waals surface area contributed by atoms with Crippen LogP contribution >= 0.6 is 0 Å². The Morgan fingerprint density at radius 3 is 2.85 bits per heavy atom. The molecular formula is C17H20N2O. The zero-order chi connectivity index (χ0) is 14.1. The molecule has 0 amide bonds. The van der Waals surface area contributed by atoms with Gasteiger partial charge in [-0.25, -0.2) is 0 Å². The molecule has 0 radical (unpaired) electrons. The lowest BCUT2D eigenvalue weighted by atomic mass is 10.0. The van der Waals surface area contributed by atoms with E-state index in [2.05, 4.69) is 23.3 Å². The topological polar surface area (TPSA) is 34.9 Å². The lowest BCUT2D eigenvalue weighted by Gasteiger charge is -2.06. The van der Waals surface area contributed by atoms with Crippen LogP contribution < -0.4 is 0 Å². The van der Waals surface area contributed by atoms with Crippen LogP contribution in [0.4, 0.5) is 0 Å². The lowest BCUT2D eigenvalue weighted by molar-refractivity contribution is 0.0983. The van der Waals surface area contributed by atoms with Gasteiger partial charge in [-0.2, -0.15) is 5.10 Å². The Kier molecular flexibility index (Phi) is 3.43. The van der Waals surface area contributed by atoms with Crippen LogP contribution in [-0.2, 0) is 25.8 Å². The van der Waals surface area contributed by atoms with Gasteiger partial charge in [0, 0.05) is 13.0 Å². The highest BCUT2D eigenvalue weighted by atomic mass is 16.1. The molecule has 3 nitrogen and oxygen atoms in total. The minimum atomic E-state index is 0.158. The summed E-state index contributed by atoms with van der Waals surface area (Å²) in [5.74, 6) is 0.158. The Hall–Kier alpha value is -1.90. The van der Waals surface area contributed by atoms with Crippen LogP contribution in [0.2, 0.25) is 0 Å². The van der Waals surface area contributed by atoms with E-state index in [4.69, 9.17) is 0 Å². The molecule has 3 rings (SSSR count). The van der Waals surface area contributed by atoms with E-state index >= 15 is 0 Å². The first kappa shape index (κ1) is 13.1. The van der Waals surface area contributed by atoms with Crippen LogP contribution in [0.3, 0.4) is 0 Å². The zero-order valence-corrected chi connectivity index (χ0v) is 12.1. The first-order valence-electron chi connectivity index (χ1n) is 7.35. The second kappa shape index (κ2) is 5.23. The van der Waals surface area contributed by atoms with Gasteiger partial charge in [0.05, 0.1) is 5.69 Å². The second-order valence-corrected chi connectivity index (χ2v) is 5.54. The van der Waals surface area contributed by atoms with Crippen LogP contribution in [-0.4, -0.2) is 15.6 Å². The van der Waals surface area contributed by atoms with Gasteiger partial charge in [0.15, 0.2) is 5.78 Å². The number of carbonyl (C=O) groups excluding carboxylic acids is 1. The van der Waals surface area contributed by atoms with E-state index in [0.717, 1.165) is 29.9 Å². The van der Waals surface area contributed by atoms with Crippen molar-refractivity contribution in [2.45, 2.75) is 46.1 Å². The molecule has 0 saturated carbocycles. The molecule has 0 atom stereocenters. The van der Waals surface area contributed by atoms with Crippen molar-refractivity contribution >= 4 is 5.78 Å². The number of aromatic nitrogens is 2. The minimum Gasteiger partial charge on any atom is -0.292 e. The summed E-state index contributed by atoms with van der Waals surface area (Å²) in [6.07, 6.45) is 4.06. The number of aryl methyl sites for hydroxylation is 4. The third kappa shape index (κ3) is 2.40. The van der Waals surface area contributed by atoms with E-state index in [1.54, 1.807) is 4.68 Å². The maximum absolute atomic E-state index is 12.4. The first-order chi connectivity index (χ1) is 9.67. The average molecular weight is 268 g/mol. The van der Waals surface area contributed by atoms with Gasteiger partial charge in [0.1, 0.15) is 5.69 Å². The molecule has 1 aromatic heterocycles. The summed E-state index contributed by atoms with van der Waals surface area (Å²) in [5.41, 5.74) is 5.64. The number of hydrogen-bond donors (Lipinski definition) is 0. The number of benzene rings is 1. The Morgan fingerprint density at radius 2 is 2.05 bits per heavy atom. The Morgan fingerprint density at radius 1 is 1.25 bits per heavy atom. The van der Waals surface area contributed by atoms with Crippen molar-refractivity contribution in [3.8, 4) is 0 Å². The fourth-order valence-electron chi connectivity index (χ4n) is 3.02. The summed E-state index contributed by atoms with van der Waals surface area (Å²) >= 11 is 0. The smallest absolute Gasteiger partial charge is 0.185 e. The highest BCUT2D eigenvalue weighted by Crippen LogP contribution is 2.23. The van der Waals surface area contributed by atoms with Crippen LogP contribution in [0.15, 0.2) is 24.3 Å². The highest BCUT2D eigenvalue weighted by molar-refractivity contribution is 5.96. The van der Waals surface area contributed by atoms with Crippen molar-refractivity contribution < 1.29 is 4.79 Å². The number of hydrogen-bond acceptors (Lipinski definition) is 2. The molecular weight excluding hydrogens is 248 g/mol. The van der Waals surface area contributed by atoms with E-state index < -0.39 is 0 Å². The molecule has 20 heavy (non-hydrogen) atoms. The van der Waals surface area contributed by atoms with Crippen LogP contribution in [0.5, 0.6) is 0 Å². The van der Waals surface area contributed by atoms with Gasteiger partial charge in [-0.05, 0) is 55.9 Å². The standard InChI is InChI=1S/C17H20N2O/c1-3-19-16(9-12(2)18-19)17(20)11-13-7-8-14-5-4-6-15(14)10-13/h7-10H,3-6,11H2,1-2H3. The van der Waals surface area contributed by atoms with Crippen LogP contribution in [0.25, 0.3) is 0 Å². The van der Waals surface area contributed by atoms with Crippen LogP contribution in [0, 0.1) is 6.92 Å². The molecule has 104 valence electrons. The summed E-state index contributed by atoms with van der Waals surface area (Å²) in [6.45, 7) is 4.68. The molecule has 0 N–H and O–H groups in total. The van der Waals surface area contributed by atoms with E-state index in [1.165, 1.54) is 24.0 Å². The van der Waals surface area contributed by atoms with E-state index in [0.29, 0.717) is 6.42 Å². The molecule has 2 aromatic rings. The monoisotopic (exact) mass is 268 g/mol. The van der Waals surface area contributed by atoms with Crippen molar-refractivity contribution in [3.63, 3.8) is 0 Å². The molecule has 0 spiro atoms. The van der Waals surface area contributed by atoms with Crippen molar-refractivity contribution in [2.75, 3.05) is 0 Å². The average Bonchev–Trinajstić information content (AvgIpc) is 3.03. The Balaban J connectivity index is 1.82. The van der Waals surface area contributed by atoms with Crippen LogP contribution in [0.1, 0.15) is 46.2 Å². The van der Waals surface area contributed by atoms with Crippen molar-refractivity contribution in [1.29, 1.82) is 0 Å². The first-order valence-corrected chi connectivity index (χ1v) is 7.35. The highest BCUT2D eigenvalue weighted by Gasteiger charge is 2.16. The third-order valence-corrected chi connectivity index (χ3v) is 4.01. The molecule has 1 heterocycles. The predicted octanol–water partition coefficient (Wildman–Crippen LogP) is 3.13. The van der Waals surface area contributed by atoms with Crippen molar-refractivity contribution in [3.05, 3.63) is 52.3 Å². The zero-order valence-electron chi connectivity index (χ0n) is 12.1. The number of Topliss-reactive ketones (excluding diaryl/α,β-unsaturated/α-hetero) is 1. The van der Waals surface area contributed by atoms with Crippen molar-refractivity contribution in [2.24, 2.45) is 0 Å². The van der Waals surface area contributed by atoms with Gasteiger partial charge in [-0.15, -0.1) is 0 Å². The van der Waals surface area contributed by atoms with Crippen molar-refractivity contribution in [1.82, 2.24) is 9.78 Å². The molecule has 3 heteroatoms. The SMILES string of the molecule is CCn1nc(C)cc1C(=O)Cc1ccc2c(c1)CCC2. The number of nitrogens with zero attached hydrogens (tertiary/aromatic N) is 2. The maximum Gasteiger partial charge on any atom is 0.185 e. The molecule has 0 fully saturated rings. The molecule has 1 aromatic carbocycles. The summed E-state index contributed by atoms with van der Waals surface area (Å²) < 4.78 is 1.80. The quantitative estimate of drug-likeness (QED) is 0.798. The maximum atomic E-state index is 12.4. The molecule has 1 aliphatic rings. The molecule has 1 aliphatic carbocycles. The van der Waals surface area contributed by atoms with E-state index in [9.17, 15) is 4.79 Å². The number of fused-ring (bicyclic) bond motifs is 1. The fraction of sp³-hybridized carbons (Fsp3) is 0.412. The normalized spacial score (nSPS) is 13.5. The summed E-state index contributed by atoms with van der Waals surface area (Å²) in [7, 11) is 0. The van der Waals surface area contributed by atoms with Gasteiger partial charge >= 0.3 is 0 Å². The summed E-state index contributed by atoms with van der Waals surface area (Å²) in [5, 5.41) is 4.35. The summed E-state index contributed by atoms with van der Waals surface area (Å²) in [4.78, 5) is 12.4. The molecule has 0 unspecified atom stereocenters. The molecule has 0 bridgehead atoms. The second-order valence-electron chi connectivity index (χ2n) is 5.54. The van der Waals surface area contributed by atoms with Gasteiger partial charge in [-0.3, -0.25) is 9.48 Å². The third-order valence-electron chi connectivity index (χ3n) is 4.01. The number of ketones is 1. The van der Waals surface area contributed by atoms with E-state index in [-0.39, 0.29) is 5.78 Å². The fourth-order valence-corrected chi connectivity index (χ4v) is 3.02. The molecule has 0 saturated heterocycles. The van der Waals surface area contributed by atoms with Gasteiger partial charge < -0.3 is 0 Å². The van der Waals surface area contributed by atoms with Gasteiger partial charge in [0.2, 0.25) is 0 Å². The minimum absolute atomic E-state index is 0.158.